The van der Waals surface area contributed by atoms with E-state index in [4.69, 9.17) is 10.5 Å². The third kappa shape index (κ3) is 6.28. The van der Waals surface area contributed by atoms with Crippen LogP contribution in [0.1, 0.15) is 65.8 Å². The first-order chi connectivity index (χ1) is 18.2. The Kier molecular flexibility index (Phi) is 9.26. The van der Waals surface area contributed by atoms with Gasteiger partial charge >= 0.3 is 6.09 Å². The van der Waals surface area contributed by atoms with Crippen LogP contribution in [0.5, 0.6) is 0 Å². The quantitative estimate of drug-likeness (QED) is 0.453. The van der Waals surface area contributed by atoms with Crippen molar-refractivity contribution in [2.45, 2.75) is 57.0 Å². The number of carbonyl (C=O) groups is 3. The van der Waals surface area contributed by atoms with Crippen molar-refractivity contribution in [2.75, 3.05) is 38.1 Å². The smallest absolute Gasteiger partial charge is 0.409 e. The summed E-state index contributed by atoms with van der Waals surface area (Å²) in [5.41, 5.74) is 6.44. The summed E-state index contributed by atoms with van der Waals surface area (Å²) in [5.74, 6) is -1.09. The average molecular weight is 614 g/mol. The number of sulfonamides is 1. The Bertz CT molecular complexity index is 1400. The van der Waals surface area contributed by atoms with E-state index in [1.165, 1.54) is 44.8 Å². The third-order valence-corrected chi connectivity index (χ3v) is 10.2. The molecule has 0 aliphatic carbocycles. The molecule has 2 aliphatic heterocycles. The average Bonchev–Trinajstić information content (AvgIpc) is 3.21. The summed E-state index contributed by atoms with van der Waals surface area (Å²) >= 11 is 1.32. The zero-order valence-electron chi connectivity index (χ0n) is 23.2. The molecule has 0 radical (unpaired) electrons. The molecule has 4 N–H and O–H groups in total. The first kappa shape index (κ1) is 31.8. The van der Waals surface area contributed by atoms with Crippen LogP contribution in [0, 0.1) is 0 Å². The molecule has 220 valence electrons. The van der Waals surface area contributed by atoms with E-state index in [0.717, 1.165) is 10.4 Å². The highest BCUT2D eigenvalue weighted by atomic mass is 35.5. The molecule has 14 heteroatoms. The van der Waals surface area contributed by atoms with Crippen molar-refractivity contribution in [3.63, 3.8) is 0 Å². The van der Waals surface area contributed by atoms with Crippen LogP contribution in [0.3, 0.4) is 0 Å². The van der Waals surface area contributed by atoms with Crippen LogP contribution in [0.25, 0.3) is 0 Å². The van der Waals surface area contributed by atoms with Gasteiger partial charge in [-0.15, -0.1) is 23.7 Å². The van der Waals surface area contributed by atoms with Crippen molar-refractivity contribution in [3.05, 3.63) is 45.8 Å². The number of nitrogens with two attached hydrogens (primary N) is 1. The lowest BCUT2D eigenvalue weighted by Gasteiger charge is -2.42. The number of fused-ring (bicyclic) bond motifs is 1. The fourth-order valence-corrected chi connectivity index (χ4v) is 8.00. The van der Waals surface area contributed by atoms with E-state index >= 15 is 0 Å². The van der Waals surface area contributed by atoms with Gasteiger partial charge in [0, 0.05) is 47.7 Å². The van der Waals surface area contributed by atoms with Gasteiger partial charge in [0.1, 0.15) is 5.00 Å². The number of piperazine rings is 1. The summed E-state index contributed by atoms with van der Waals surface area (Å²) < 4.78 is 32.6. The molecule has 2 aliphatic rings. The highest BCUT2D eigenvalue weighted by molar-refractivity contribution is 7.89. The highest BCUT2D eigenvalue weighted by Gasteiger charge is 2.41. The maximum atomic E-state index is 13.1. The summed E-state index contributed by atoms with van der Waals surface area (Å²) in [6, 6.07) is 5.63. The Balaban J connectivity index is 0.00000441. The van der Waals surface area contributed by atoms with E-state index in [1.807, 2.05) is 27.7 Å². The number of halogens is 1. The fourth-order valence-electron chi connectivity index (χ4n) is 5.30. The Hall–Kier alpha value is -2.71. The van der Waals surface area contributed by atoms with Gasteiger partial charge in [0.25, 0.3) is 11.8 Å². The Morgan fingerprint density at radius 3 is 2.23 bits per heavy atom. The van der Waals surface area contributed by atoms with Crippen LogP contribution in [-0.2, 0) is 26.7 Å². The van der Waals surface area contributed by atoms with Crippen molar-refractivity contribution in [1.82, 2.24) is 14.5 Å². The minimum Gasteiger partial charge on any atom is -0.450 e. The first-order valence-electron chi connectivity index (χ1n) is 12.7. The standard InChI is InChI=1S/C26H35N5O6S2.ClH/c1-6-37-24(34)30-11-13-31(14-12-30)39(35,36)17-9-7-16(8-10-17)22(33)28-23-19(21(27)32)18-15-25(2,3)29-26(4,5)20(18)38-23;/h7-10,29H,6,11-15H2,1-5H3,(H2,27,32)(H,28,33);1H. The van der Waals surface area contributed by atoms with Crippen LogP contribution in [0.2, 0.25) is 0 Å². The second kappa shape index (κ2) is 11.6. The monoisotopic (exact) mass is 613 g/mol. The lowest BCUT2D eigenvalue weighted by atomic mass is 9.81. The lowest BCUT2D eigenvalue weighted by Crippen LogP contribution is -2.55. The number of nitrogens with one attached hydrogen (secondary N) is 2. The molecule has 1 aromatic heterocycles. The second-order valence-corrected chi connectivity index (χ2v) is 13.8. The van der Waals surface area contributed by atoms with Crippen LogP contribution < -0.4 is 16.4 Å². The molecular weight excluding hydrogens is 578 g/mol. The molecule has 1 fully saturated rings. The number of rotatable bonds is 6. The summed E-state index contributed by atoms with van der Waals surface area (Å²) in [5, 5.41) is 6.77. The number of anilines is 1. The zero-order chi connectivity index (χ0) is 28.8. The van der Waals surface area contributed by atoms with Gasteiger partial charge in [-0.2, -0.15) is 4.31 Å². The minimum atomic E-state index is -3.81. The number of thiophene rings is 1. The van der Waals surface area contributed by atoms with Crippen molar-refractivity contribution in [1.29, 1.82) is 0 Å². The molecule has 0 saturated carbocycles. The van der Waals surface area contributed by atoms with Gasteiger partial charge in [-0.1, -0.05) is 0 Å². The molecule has 0 atom stereocenters. The highest BCUT2D eigenvalue weighted by Crippen LogP contribution is 2.45. The predicted octanol–water partition coefficient (Wildman–Crippen LogP) is 3.14. The molecule has 0 spiro atoms. The molecule has 11 nitrogen and oxygen atoms in total. The normalized spacial score (nSPS) is 18.3. The van der Waals surface area contributed by atoms with Gasteiger partial charge in [0.15, 0.2) is 0 Å². The van der Waals surface area contributed by atoms with E-state index in [-0.39, 0.29) is 61.2 Å². The molecule has 1 saturated heterocycles. The Morgan fingerprint density at radius 1 is 1.07 bits per heavy atom. The molecule has 4 rings (SSSR count). The maximum Gasteiger partial charge on any atom is 0.409 e. The molecule has 1 aromatic carbocycles. The van der Waals surface area contributed by atoms with Crippen molar-refractivity contribution in [3.8, 4) is 0 Å². The summed E-state index contributed by atoms with van der Waals surface area (Å²) in [4.78, 5) is 39.9. The number of hydrogen-bond donors (Lipinski definition) is 3. The molecule has 3 heterocycles. The van der Waals surface area contributed by atoms with Gasteiger partial charge in [-0.3, -0.25) is 9.59 Å². The molecule has 2 aromatic rings. The second-order valence-electron chi connectivity index (χ2n) is 10.9. The Morgan fingerprint density at radius 2 is 1.68 bits per heavy atom. The van der Waals surface area contributed by atoms with Crippen molar-refractivity contribution in [2.24, 2.45) is 5.73 Å². The van der Waals surface area contributed by atoms with Gasteiger partial charge in [-0.25, -0.2) is 13.2 Å². The largest absolute Gasteiger partial charge is 0.450 e. The van der Waals surface area contributed by atoms with Gasteiger partial charge in [-0.05, 0) is 70.9 Å². The fraction of sp³-hybridized carbons (Fsp3) is 0.500. The van der Waals surface area contributed by atoms with Crippen molar-refractivity contribution >= 4 is 56.7 Å². The topological polar surface area (TPSA) is 151 Å². The van der Waals surface area contributed by atoms with Crippen LogP contribution in [0.15, 0.2) is 29.2 Å². The molecular formula is C26H36ClN5O6S2. The predicted molar refractivity (Wildman–Crippen MR) is 156 cm³/mol. The van der Waals surface area contributed by atoms with Crippen molar-refractivity contribution < 1.29 is 27.5 Å². The van der Waals surface area contributed by atoms with E-state index in [2.05, 4.69) is 10.6 Å². The summed E-state index contributed by atoms with van der Waals surface area (Å²) in [6.07, 6.45) is 0.122. The van der Waals surface area contributed by atoms with Gasteiger partial charge < -0.3 is 26.0 Å². The first-order valence-corrected chi connectivity index (χ1v) is 15.0. The van der Waals surface area contributed by atoms with Gasteiger partial charge in [0.2, 0.25) is 10.0 Å². The third-order valence-electron chi connectivity index (χ3n) is 6.84. The number of primary amides is 1. The SMILES string of the molecule is CCOC(=O)N1CCN(S(=O)(=O)c2ccc(C(=O)Nc3sc4c(c3C(N)=O)CC(C)(C)NC4(C)C)cc2)CC1.Cl. The van der Waals surface area contributed by atoms with E-state index in [9.17, 15) is 22.8 Å². The molecule has 0 bridgehead atoms. The van der Waals surface area contributed by atoms with E-state index in [0.29, 0.717) is 17.0 Å². The van der Waals surface area contributed by atoms with Gasteiger partial charge in [0.05, 0.1) is 17.1 Å². The minimum absolute atomic E-state index is 0. The molecule has 3 amide bonds. The number of carbonyl (C=O) groups excluding carboxylic acids is 3. The van der Waals surface area contributed by atoms with E-state index < -0.39 is 33.5 Å². The zero-order valence-corrected chi connectivity index (χ0v) is 25.6. The van der Waals surface area contributed by atoms with Crippen LogP contribution >= 0.6 is 23.7 Å². The molecule has 40 heavy (non-hydrogen) atoms. The number of benzene rings is 1. The van der Waals surface area contributed by atoms with Crippen LogP contribution in [-0.4, -0.2) is 73.9 Å². The molecule has 0 unspecified atom stereocenters. The number of nitrogens with zero attached hydrogens (tertiary/aromatic N) is 2. The number of ether oxygens (including phenoxy) is 1. The number of hydrogen-bond acceptors (Lipinski definition) is 8. The van der Waals surface area contributed by atoms with E-state index in [1.54, 1.807) is 6.92 Å². The number of amides is 3. The Labute approximate surface area is 244 Å². The van der Waals surface area contributed by atoms with Crippen LogP contribution in [0.4, 0.5) is 9.80 Å². The summed E-state index contributed by atoms with van der Waals surface area (Å²) in [7, 11) is -3.81. The summed E-state index contributed by atoms with van der Waals surface area (Å²) in [6.45, 7) is 10.9. The lowest BCUT2D eigenvalue weighted by molar-refractivity contribution is 0.0933. The maximum absolute atomic E-state index is 13.1.